The molecule has 0 saturated heterocycles. The molecule has 0 saturated carbocycles. The Morgan fingerprint density at radius 2 is 1.96 bits per heavy atom. The van der Waals surface area contributed by atoms with E-state index in [2.05, 4.69) is 25.6 Å². The van der Waals surface area contributed by atoms with E-state index >= 15 is 0 Å². The van der Waals surface area contributed by atoms with Gasteiger partial charge >= 0.3 is 0 Å². The fourth-order valence-electron chi connectivity index (χ4n) is 2.38. The third kappa shape index (κ3) is 4.51. The smallest absolute Gasteiger partial charge is 0.225 e. The maximum atomic E-state index is 8.96. The van der Waals surface area contributed by atoms with E-state index in [1.807, 2.05) is 49.4 Å². The van der Waals surface area contributed by atoms with E-state index in [-0.39, 0.29) is 6.61 Å². The summed E-state index contributed by atoms with van der Waals surface area (Å²) in [6.45, 7) is 2.78. The van der Waals surface area contributed by atoms with Gasteiger partial charge in [0.05, 0.1) is 5.69 Å². The lowest BCUT2D eigenvalue weighted by Crippen LogP contribution is -2.09. The molecule has 0 unspecified atom stereocenters. The summed E-state index contributed by atoms with van der Waals surface area (Å²) in [5, 5.41) is 15.5. The highest BCUT2D eigenvalue weighted by Crippen LogP contribution is 2.24. The topological polar surface area (TPSA) is 83.0 Å². The van der Waals surface area contributed by atoms with Crippen molar-refractivity contribution in [1.82, 2.24) is 15.0 Å². The van der Waals surface area contributed by atoms with E-state index in [1.54, 1.807) is 12.4 Å². The van der Waals surface area contributed by atoms with Gasteiger partial charge in [-0.1, -0.05) is 18.2 Å². The SMILES string of the molecule is Cc1ccccc1Nc1cc(-c2cccnc2)nc(NCCCO)n1. The van der Waals surface area contributed by atoms with Gasteiger partial charge in [-0.3, -0.25) is 4.98 Å². The highest BCUT2D eigenvalue weighted by molar-refractivity contribution is 5.68. The zero-order valence-corrected chi connectivity index (χ0v) is 14.1. The monoisotopic (exact) mass is 335 g/mol. The summed E-state index contributed by atoms with van der Waals surface area (Å²) in [7, 11) is 0. The fourth-order valence-corrected chi connectivity index (χ4v) is 2.38. The maximum absolute atomic E-state index is 8.96. The maximum Gasteiger partial charge on any atom is 0.225 e. The summed E-state index contributed by atoms with van der Waals surface area (Å²) in [5.41, 5.74) is 3.84. The van der Waals surface area contributed by atoms with Crippen molar-refractivity contribution in [3.8, 4) is 11.3 Å². The Morgan fingerprint density at radius 1 is 1.08 bits per heavy atom. The molecule has 1 aromatic carbocycles. The number of hydrogen-bond acceptors (Lipinski definition) is 6. The number of aliphatic hydroxyl groups is 1. The average Bonchev–Trinajstić information content (AvgIpc) is 2.64. The first-order chi connectivity index (χ1) is 12.3. The van der Waals surface area contributed by atoms with Crippen molar-refractivity contribution in [2.45, 2.75) is 13.3 Å². The number of anilines is 3. The molecule has 6 nitrogen and oxygen atoms in total. The lowest BCUT2D eigenvalue weighted by Gasteiger charge is -2.12. The van der Waals surface area contributed by atoms with Gasteiger partial charge in [-0.25, -0.2) is 4.98 Å². The molecule has 3 aromatic rings. The van der Waals surface area contributed by atoms with Crippen LogP contribution in [0.15, 0.2) is 54.9 Å². The van der Waals surface area contributed by atoms with Gasteiger partial charge in [0.25, 0.3) is 0 Å². The van der Waals surface area contributed by atoms with Crippen LogP contribution in [0.1, 0.15) is 12.0 Å². The molecule has 6 heteroatoms. The number of para-hydroxylation sites is 1. The van der Waals surface area contributed by atoms with Crippen molar-refractivity contribution in [3.63, 3.8) is 0 Å². The second-order valence-corrected chi connectivity index (χ2v) is 5.65. The number of aromatic nitrogens is 3. The zero-order chi connectivity index (χ0) is 17.5. The second kappa shape index (κ2) is 8.21. The first-order valence-corrected chi connectivity index (χ1v) is 8.23. The van der Waals surface area contributed by atoms with Crippen LogP contribution in [-0.4, -0.2) is 33.2 Å². The van der Waals surface area contributed by atoms with Crippen LogP contribution in [0, 0.1) is 6.92 Å². The van der Waals surface area contributed by atoms with E-state index in [1.165, 1.54) is 0 Å². The second-order valence-electron chi connectivity index (χ2n) is 5.65. The summed E-state index contributed by atoms with van der Waals surface area (Å²) in [5.74, 6) is 1.22. The van der Waals surface area contributed by atoms with Crippen LogP contribution in [0.4, 0.5) is 17.5 Å². The van der Waals surface area contributed by atoms with Gasteiger partial charge in [-0.15, -0.1) is 0 Å². The van der Waals surface area contributed by atoms with Crippen molar-refractivity contribution in [2.24, 2.45) is 0 Å². The van der Waals surface area contributed by atoms with Crippen molar-refractivity contribution < 1.29 is 5.11 Å². The molecule has 25 heavy (non-hydrogen) atoms. The predicted molar refractivity (Wildman–Crippen MR) is 99.9 cm³/mol. The van der Waals surface area contributed by atoms with Crippen molar-refractivity contribution in [1.29, 1.82) is 0 Å². The minimum atomic E-state index is 0.129. The molecule has 0 aliphatic rings. The van der Waals surface area contributed by atoms with Crippen LogP contribution in [0.25, 0.3) is 11.3 Å². The molecular formula is C19H21N5O. The lowest BCUT2D eigenvalue weighted by atomic mass is 10.2. The van der Waals surface area contributed by atoms with E-state index in [9.17, 15) is 0 Å². The summed E-state index contributed by atoms with van der Waals surface area (Å²) < 4.78 is 0. The molecule has 0 aliphatic heterocycles. The Morgan fingerprint density at radius 3 is 2.72 bits per heavy atom. The van der Waals surface area contributed by atoms with E-state index in [0.717, 1.165) is 22.5 Å². The van der Waals surface area contributed by atoms with E-state index in [0.29, 0.717) is 24.7 Å². The van der Waals surface area contributed by atoms with E-state index < -0.39 is 0 Å². The minimum absolute atomic E-state index is 0.129. The van der Waals surface area contributed by atoms with Gasteiger partial charge in [-0.05, 0) is 37.1 Å². The quantitative estimate of drug-likeness (QED) is 0.574. The summed E-state index contributed by atoms with van der Waals surface area (Å²) >= 11 is 0. The first kappa shape index (κ1) is 16.9. The number of nitrogens with one attached hydrogen (secondary N) is 2. The Kier molecular flexibility index (Phi) is 5.53. The lowest BCUT2D eigenvalue weighted by molar-refractivity contribution is 0.292. The molecule has 2 aromatic heterocycles. The third-order valence-electron chi connectivity index (χ3n) is 3.71. The molecule has 0 amide bonds. The normalized spacial score (nSPS) is 10.5. The number of aryl methyl sites for hydroxylation is 1. The Balaban J connectivity index is 1.93. The molecule has 0 bridgehead atoms. The van der Waals surface area contributed by atoms with Crippen LogP contribution in [-0.2, 0) is 0 Å². The van der Waals surface area contributed by atoms with Crippen molar-refractivity contribution in [3.05, 3.63) is 60.4 Å². The largest absolute Gasteiger partial charge is 0.396 e. The molecule has 0 fully saturated rings. The van der Waals surface area contributed by atoms with Crippen LogP contribution in [0.3, 0.4) is 0 Å². The number of benzene rings is 1. The van der Waals surface area contributed by atoms with Crippen LogP contribution in [0.5, 0.6) is 0 Å². The molecule has 3 rings (SSSR count). The van der Waals surface area contributed by atoms with E-state index in [4.69, 9.17) is 5.11 Å². The Labute approximate surface area is 147 Å². The zero-order valence-electron chi connectivity index (χ0n) is 14.1. The highest BCUT2D eigenvalue weighted by atomic mass is 16.3. The molecular weight excluding hydrogens is 314 g/mol. The Bertz CT molecular complexity index is 823. The summed E-state index contributed by atoms with van der Waals surface area (Å²) in [4.78, 5) is 13.2. The van der Waals surface area contributed by atoms with Crippen LogP contribution >= 0.6 is 0 Å². The Hall–Kier alpha value is -2.99. The molecule has 0 aliphatic carbocycles. The highest BCUT2D eigenvalue weighted by Gasteiger charge is 2.08. The van der Waals surface area contributed by atoms with Gasteiger partial charge < -0.3 is 15.7 Å². The van der Waals surface area contributed by atoms with Crippen LogP contribution in [0.2, 0.25) is 0 Å². The molecule has 0 spiro atoms. The molecule has 2 heterocycles. The molecule has 3 N–H and O–H groups in total. The van der Waals surface area contributed by atoms with Gasteiger partial charge in [0.2, 0.25) is 5.95 Å². The van der Waals surface area contributed by atoms with Gasteiger partial charge in [-0.2, -0.15) is 4.98 Å². The number of rotatable bonds is 7. The van der Waals surface area contributed by atoms with Crippen molar-refractivity contribution in [2.75, 3.05) is 23.8 Å². The number of aliphatic hydroxyl groups excluding tert-OH is 1. The van der Waals surface area contributed by atoms with Crippen LogP contribution < -0.4 is 10.6 Å². The number of nitrogens with zero attached hydrogens (tertiary/aromatic N) is 3. The third-order valence-corrected chi connectivity index (χ3v) is 3.71. The predicted octanol–water partition coefficient (Wildman–Crippen LogP) is 3.38. The summed E-state index contributed by atoms with van der Waals surface area (Å²) in [6, 6.07) is 13.8. The fraction of sp³-hybridized carbons (Fsp3) is 0.211. The molecule has 0 atom stereocenters. The summed E-state index contributed by atoms with van der Waals surface area (Å²) in [6.07, 6.45) is 4.15. The molecule has 0 radical (unpaired) electrons. The first-order valence-electron chi connectivity index (χ1n) is 8.23. The van der Waals surface area contributed by atoms with Gasteiger partial charge in [0.15, 0.2) is 0 Å². The number of pyridine rings is 1. The van der Waals surface area contributed by atoms with Gasteiger partial charge in [0.1, 0.15) is 5.82 Å². The van der Waals surface area contributed by atoms with Crippen molar-refractivity contribution >= 4 is 17.5 Å². The standard InChI is InChI=1S/C19H21N5O/c1-14-6-2-3-8-16(14)22-18-12-17(15-7-4-9-20-13-15)23-19(24-18)21-10-5-11-25/h2-4,6-9,12-13,25H,5,10-11H2,1H3,(H2,21,22,23,24). The van der Waals surface area contributed by atoms with Gasteiger partial charge in [0, 0.05) is 42.9 Å². The molecule has 128 valence electrons. The minimum Gasteiger partial charge on any atom is -0.396 e. The number of hydrogen-bond donors (Lipinski definition) is 3. The average molecular weight is 335 g/mol.